The fourth-order valence-corrected chi connectivity index (χ4v) is 3.82. The molecule has 0 radical (unpaired) electrons. The first kappa shape index (κ1) is 19.9. The van der Waals surface area contributed by atoms with Crippen molar-refractivity contribution in [2.45, 2.75) is 26.3 Å². The van der Waals surface area contributed by atoms with Crippen LogP contribution in [0.3, 0.4) is 0 Å². The lowest BCUT2D eigenvalue weighted by Crippen LogP contribution is -2.36. The van der Waals surface area contributed by atoms with Crippen LogP contribution in [0.15, 0.2) is 54.6 Å². The summed E-state index contributed by atoms with van der Waals surface area (Å²) in [5.41, 5.74) is 2.03. The molecule has 0 bridgehead atoms. The highest BCUT2D eigenvalue weighted by Crippen LogP contribution is 2.38. The maximum atomic E-state index is 13.1. The molecule has 0 aliphatic carbocycles. The molecule has 148 valence electrons. The second-order valence-electron chi connectivity index (χ2n) is 7.56. The number of hydrogen-bond donors (Lipinski definition) is 1. The average Bonchev–Trinajstić information content (AvgIpc) is 3.17. The molecule has 2 amide bonds. The van der Waals surface area contributed by atoms with Crippen LogP contribution in [-0.2, 0) is 16.1 Å². The Hall–Kier alpha value is -2.82. The molecule has 2 aromatic carbocycles. The predicted molar refractivity (Wildman–Crippen MR) is 109 cm³/mol. The van der Waals surface area contributed by atoms with Gasteiger partial charge in [-0.15, -0.1) is 0 Å². The van der Waals surface area contributed by atoms with Crippen molar-refractivity contribution < 1.29 is 14.3 Å². The third-order valence-corrected chi connectivity index (χ3v) is 5.31. The van der Waals surface area contributed by atoms with Gasteiger partial charge in [0.25, 0.3) is 0 Å². The molecule has 1 saturated heterocycles. The van der Waals surface area contributed by atoms with Crippen LogP contribution in [0.4, 0.5) is 0 Å². The molecule has 28 heavy (non-hydrogen) atoms. The first-order valence-corrected chi connectivity index (χ1v) is 9.74. The summed E-state index contributed by atoms with van der Waals surface area (Å²) in [6.45, 7) is 5.22. The Kier molecular flexibility index (Phi) is 6.34. The van der Waals surface area contributed by atoms with Crippen LogP contribution in [0.5, 0.6) is 5.75 Å². The Morgan fingerprint density at radius 1 is 1.07 bits per heavy atom. The zero-order chi connectivity index (χ0) is 20.1. The Balaban J connectivity index is 1.82. The molecule has 5 nitrogen and oxygen atoms in total. The molecule has 1 N–H and O–H groups in total. The Labute approximate surface area is 166 Å². The normalized spacial score (nSPS) is 18.9. The van der Waals surface area contributed by atoms with Gasteiger partial charge in [-0.1, -0.05) is 62.4 Å². The number of hydrogen-bond acceptors (Lipinski definition) is 3. The number of nitrogens with zero attached hydrogens (tertiary/aromatic N) is 1. The van der Waals surface area contributed by atoms with E-state index in [4.69, 9.17) is 4.74 Å². The molecular weight excluding hydrogens is 352 g/mol. The Morgan fingerprint density at radius 3 is 2.43 bits per heavy atom. The lowest BCUT2D eigenvalue weighted by Gasteiger charge is -2.20. The molecule has 0 spiro atoms. The molecule has 3 rings (SSSR count). The molecule has 2 atom stereocenters. The number of carbonyl (C=O) groups excluding carboxylic acids is 2. The second-order valence-corrected chi connectivity index (χ2v) is 7.56. The molecule has 1 heterocycles. The maximum Gasteiger partial charge on any atom is 0.225 e. The van der Waals surface area contributed by atoms with Crippen molar-refractivity contribution in [2.75, 3.05) is 20.2 Å². The molecule has 1 fully saturated rings. The molecule has 2 aromatic rings. The summed E-state index contributed by atoms with van der Waals surface area (Å²) in [4.78, 5) is 27.5. The summed E-state index contributed by atoms with van der Waals surface area (Å²) in [5.74, 6) is 0.325. The lowest BCUT2D eigenvalue weighted by atomic mass is 9.87. The fourth-order valence-electron chi connectivity index (χ4n) is 3.82. The van der Waals surface area contributed by atoms with Gasteiger partial charge in [0, 0.05) is 31.5 Å². The zero-order valence-corrected chi connectivity index (χ0v) is 16.7. The third kappa shape index (κ3) is 4.35. The molecule has 2 unspecified atom stereocenters. The first-order chi connectivity index (χ1) is 13.5. The van der Waals surface area contributed by atoms with Gasteiger partial charge >= 0.3 is 0 Å². The van der Waals surface area contributed by atoms with Gasteiger partial charge < -0.3 is 15.0 Å². The summed E-state index contributed by atoms with van der Waals surface area (Å²) in [5, 5.41) is 3.05. The molecule has 0 saturated carbocycles. The molecule has 0 aromatic heterocycles. The number of nitrogens with one attached hydrogen (secondary N) is 1. The fraction of sp³-hybridized carbons (Fsp3) is 0.391. The van der Waals surface area contributed by atoms with Crippen molar-refractivity contribution in [1.82, 2.24) is 10.2 Å². The van der Waals surface area contributed by atoms with E-state index in [1.165, 1.54) is 0 Å². The van der Waals surface area contributed by atoms with E-state index in [1.54, 1.807) is 7.11 Å². The monoisotopic (exact) mass is 380 g/mol. The highest BCUT2D eigenvalue weighted by molar-refractivity contribution is 5.84. The number of rotatable bonds is 6. The van der Waals surface area contributed by atoms with E-state index in [0.717, 1.165) is 16.9 Å². The van der Waals surface area contributed by atoms with Gasteiger partial charge in [-0.2, -0.15) is 0 Å². The summed E-state index contributed by atoms with van der Waals surface area (Å²) in [7, 11) is 1.63. The minimum absolute atomic E-state index is 0.0289. The van der Waals surface area contributed by atoms with Crippen molar-refractivity contribution in [3.05, 3.63) is 65.7 Å². The highest BCUT2D eigenvalue weighted by atomic mass is 16.5. The number of benzene rings is 2. The van der Waals surface area contributed by atoms with Crippen LogP contribution < -0.4 is 10.1 Å². The minimum atomic E-state index is -0.303. The maximum absolute atomic E-state index is 13.1. The zero-order valence-electron chi connectivity index (χ0n) is 16.7. The number of ether oxygens (including phenoxy) is 1. The minimum Gasteiger partial charge on any atom is -0.496 e. The topological polar surface area (TPSA) is 58.6 Å². The predicted octanol–water partition coefficient (Wildman–Crippen LogP) is 3.21. The van der Waals surface area contributed by atoms with Crippen molar-refractivity contribution in [3.8, 4) is 5.75 Å². The lowest BCUT2D eigenvalue weighted by molar-refractivity contribution is -0.133. The van der Waals surface area contributed by atoms with Gasteiger partial charge in [-0.25, -0.2) is 0 Å². The summed E-state index contributed by atoms with van der Waals surface area (Å²) in [6.07, 6.45) is 0. The van der Waals surface area contributed by atoms with Crippen molar-refractivity contribution in [3.63, 3.8) is 0 Å². The van der Waals surface area contributed by atoms with Crippen molar-refractivity contribution in [2.24, 2.45) is 11.8 Å². The van der Waals surface area contributed by atoms with E-state index in [0.29, 0.717) is 19.6 Å². The number of carbonyl (C=O) groups is 2. The first-order valence-electron chi connectivity index (χ1n) is 9.74. The summed E-state index contributed by atoms with van der Waals surface area (Å²) < 4.78 is 5.52. The SMILES string of the molecule is COc1ccccc1C1CN(C(=O)C(C)C)CC1C(=O)NCc1ccccc1. The van der Waals surface area contributed by atoms with Gasteiger partial charge in [-0.3, -0.25) is 9.59 Å². The number of methoxy groups -OCH3 is 1. The van der Waals surface area contributed by atoms with Crippen molar-refractivity contribution in [1.29, 1.82) is 0 Å². The van der Waals surface area contributed by atoms with E-state index in [9.17, 15) is 9.59 Å². The smallest absolute Gasteiger partial charge is 0.225 e. The van der Waals surface area contributed by atoms with E-state index in [2.05, 4.69) is 5.32 Å². The van der Waals surface area contributed by atoms with Crippen molar-refractivity contribution >= 4 is 11.8 Å². The Morgan fingerprint density at radius 2 is 1.75 bits per heavy atom. The third-order valence-electron chi connectivity index (χ3n) is 5.31. The largest absolute Gasteiger partial charge is 0.496 e. The molecule has 5 heteroatoms. The van der Waals surface area contributed by atoms with E-state index in [-0.39, 0.29) is 29.6 Å². The Bertz CT molecular complexity index is 820. The number of amides is 2. The molecule has 1 aliphatic rings. The van der Waals surface area contributed by atoms with Gasteiger partial charge in [0.2, 0.25) is 11.8 Å². The van der Waals surface area contributed by atoms with E-state index >= 15 is 0 Å². The second kappa shape index (κ2) is 8.91. The van der Waals surface area contributed by atoms with Gasteiger partial charge in [-0.05, 0) is 17.2 Å². The summed E-state index contributed by atoms with van der Waals surface area (Å²) in [6, 6.07) is 17.6. The van der Waals surface area contributed by atoms with Gasteiger partial charge in [0.05, 0.1) is 13.0 Å². The van der Waals surface area contributed by atoms with Crippen LogP contribution in [-0.4, -0.2) is 36.9 Å². The molecule has 1 aliphatic heterocycles. The summed E-state index contributed by atoms with van der Waals surface area (Å²) >= 11 is 0. The average molecular weight is 380 g/mol. The van der Waals surface area contributed by atoms with E-state index < -0.39 is 0 Å². The van der Waals surface area contributed by atoms with Crippen LogP contribution in [0.25, 0.3) is 0 Å². The van der Waals surface area contributed by atoms with Crippen LogP contribution >= 0.6 is 0 Å². The standard InChI is InChI=1S/C23H28N2O3/c1-16(2)23(27)25-14-19(18-11-7-8-12-21(18)28-3)20(15-25)22(26)24-13-17-9-5-4-6-10-17/h4-12,16,19-20H,13-15H2,1-3H3,(H,24,26). The van der Waals surface area contributed by atoms with E-state index in [1.807, 2.05) is 73.3 Å². The quantitative estimate of drug-likeness (QED) is 0.837. The number of likely N-dealkylation sites (tertiary alicyclic amines) is 1. The molecular formula is C23H28N2O3. The van der Waals surface area contributed by atoms with Crippen LogP contribution in [0, 0.1) is 11.8 Å². The number of para-hydroxylation sites is 1. The highest BCUT2D eigenvalue weighted by Gasteiger charge is 2.41. The van der Waals surface area contributed by atoms with Gasteiger partial charge in [0.15, 0.2) is 0 Å². The van der Waals surface area contributed by atoms with Gasteiger partial charge in [0.1, 0.15) is 5.75 Å². The van der Waals surface area contributed by atoms with Crippen LogP contribution in [0.1, 0.15) is 30.9 Å². The van der Waals surface area contributed by atoms with Crippen LogP contribution in [0.2, 0.25) is 0 Å².